The lowest BCUT2D eigenvalue weighted by atomic mass is 9.88. The number of nitrogens with zero attached hydrogens (tertiary/aromatic N) is 1. The lowest BCUT2D eigenvalue weighted by Crippen LogP contribution is -2.45. The Hall–Kier alpha value is -1.35. The maximum atomic E-state index is 11.8. The number of rotatable bonds is 4. The van der Waals surface area contributed by atoms with Crippen molar-refractivity contribution in [2.45, 2.75) is 38.3 Å². The van der Waals surface area contributed by atoms with Crippen LogP contribution in [0.3, 0.4) is 0 Å². The van der Waals surface area contributed by atoms with E-state index in [9.17, 15) is 4.79 Å². The molecule has 0 spiro atoms. The molecule has 0 bridgehead atoms. The molecule has 2 aliphatic rings. The molecule has 1 aromatic rings. The Bertz CT molecular complexity index is 455. The summed E-state index contributed by atoms with van der Waals surface area (Å²) in [5.41, 5.74) is 1.37. The van der Waals surface area contributed by atoms with Crippen molar-refractivity contribution >= 4 is 5.97 Å². The Kier molecular flexibility index (Phi) is 4.06. The Morgan fingerprint density at radius 3 is 2.65 bits per heavy atom. The molecule has 3 nitrogen and oxygen atoms in total. The highest BCUT2D eigenvalue weighted by Gasteiger charge is 2.41. The predicted octanol–water partition coefficient (Wildman–Crippen LogP) is 2.85. The van der Waals surface area contributed by atoms with E-state index in [0.717, 1.165) is 31.8 Å². The van der Waals surface area contributed by atoms with Gasteiger partial charge in [-0.1, -0.05) is 30.3 Å². The van der Waals surface area contributed by atoms with E-state index in [0.29, 0.717) is 6.04 Å². The molecule has 1 aliphatic heterocycles. The largest absolute Gasteiger partial charge is 0.469 e. The van der Waals surface area contributed by atoms with Gasteiger partial charge in [0.15, 0.2) is 0 Å². The fourth-order valence-corrected chi connectivity index (χ4v) is 3.41. The molecule has 2 atom stereocenters. The second-order valence-corrected chi connectivity index (χ2v) is 6.11. The summed E-state index contributed by atoms with van der Waals surface area (Å²) in [7, 11) is 1.50. The fraction of sp³-hybridized carbons (Fsp3) is 0.588. The number of likely N-dealkylation sites (tertiary alicyclic amines) is 1. The number of esters is 1. The zero-order valence-electron chi connectivity index (χ0n) is 12.1. The quantitative estimate of drug-likeness (QED) is 0.790. The second kappa shape index (κ2) is 5.96. The molecule has 3 heteroatoms. The number of hydrogen-bond acceptors (Lipinski definition) is 3. The van der Waals surface area contributed by atoms with Gasteiger partial charge in [-0.3, -0.25) is 9.69 Å². The minimum atomic E-state index is -0.0185. The molecule has 1 saturated carbocycles. The topological polar surface area (TPSA) is 29.5 Å². The molecule has 0 amide bonds. The summed E-state index contributed by atoms with van der Waals surface area (Å²) in [6.45, 7) is 2.02. The van der Waals surface area contributed by atoms with E-state index in [1.807, 2.05) is 0 Å². The molecule has 0 N–H and O–H groups in total. The van der Waals surface area contributed by atoms with Crippen molar-refractivity contribution in [1.29, 1.82) is 0 Å². The average Bonchev–Trinajstić information content (AvgIpc) is 3.32. The molecule has 1 aromatic carbocycles. The zero-order chi connectivity index (χ0) is 13.9. The first-order chi connectivity index (χ1) is 9.78. The SMILES string of the molecule is COC(=O)[C@H]1CCN(Cc2ccccc2)[C@@H](C2CC2)C1. The van der Waals surface area contributed by atoms with Gasteiger partial charge in [-0.15, -0.1) is 0 Å². The normalized spacial score (nSPS) is 27.2. The summed E-state index contributed by atoms with van der Waals surface area (Å²) < 4.78 is 4.93. The lowest BCUT2D eigenvalue weighted by Gasteiger charge is -2.39. The minimum absolute atomic E-state index is 0.0185. The summed E-state index contributed by atoms with van der Waals surface area (Å²) in [4.78, 5) is 14.4. The molecule has 20 heavy (non-hydrogen) atoms. The van der Waals surface area contributed by atoms with Gasteiger partial charge in [0, 0.05) is 12.6 Å². The highest BCUT2D eigenvalue weighted by Crippen LogP contribution is 2.41. The van der Waals surface area contributed by atoms with Gasteiger partial charge in [0.1, 0.15) is 0 Å². The van der Waals surface area contributed by atoms with Gasteiger partial charge in [-0.05, 0) is 43.7 Å². The third kappa shape index (κ3) is 3.04. The maximum Gasteiger partial charge on any atom is 0.308 e. The maximum absolute atomic E-state index is 11.8. The van der Waals surface area contributed by atoms with Crippen LogP contribution in [0, 0.1) is 11.8 Å². The number of carbonyl (C=O) groups is 1. The van der Waals surface area contributed by atoms with E-state index < -0.39 is 0 Å². The van der Waals surface area contributed by atoms with Gasteiger partial charge >= 0.3 is 5.97 Å². The van der Waals surface area contributed by atoms with Crippen molar-refractivity contribution in [2.75, 3.05) is 13.7 Å². The molecule has 1 aliphatic carbocycles. The van der Waals surface area contributed by atoms with Crippen molar-refractivity contribution in [3.8, 4) is 0 Å². The number of ether oxygens (including phenoxy) is 1. The van der Waals surface area contributed by atoms with Crippen LogP contribution in [0.1, 0.15) is 31.2 Å². The first-order valence-electron chi connectivity index (χ1n) is 7.63. The highest BCUT2D eigenvalue weighted by molar-refractivity contribution is 5.72. The molecule has 1 saturated heterocycles. The van der Waals surface area contributed by atoms with Crippen LogP contribution < -0.4 is 0 Å². The van der Waals surface area contributed by atoms with Crippen LogP contribution in [-0.4, -0.2) is 30.6 Å². The molecule has 108 valence electrons. The summed E-state index contributed by atoms with van der Waals surface area (Å²) in [5.74, 6) is 0.888. The van der Waals surface area contributed by atoms with E-state index in [2.05, 4.69) is 35.2 Å². The Balaban J connectivity index is 1.67. The molecular formula is C17H23NO2. The zero-order valence-corrected chi connectivity index (χ0v) is 12.1. The summed E-state index contributed by atoms with van der Waals surface area (Å²) >= 11 is 0. The van der Waals surface area contributed by atoms with E-state index in [-0.39, 0.29) is 11.9 Å². The van der Waals surface area contributed by atoms with Crippen LogP contribution in [0.15, 0.2) is 30.3 Å². The van der Waals surface area contributed by atoms with Crippen LogP contribution in [0.2, 0.25) is 0 Å². The standard InChI is InChI=1S/C17H23NO2/c1-20-17(19)15-9-10-18(16(11-15)14-7-8-14)12-13-5-3-2-4-6-13/h2-6,14-16H,7-12H2,1H3/t15-,16+/m0/s1. The van der Waals surface area contributed by atoms with E-state index in [1.54, 1.807) is 0 Å². The van der Waals surface area contributed by atoms with E-state index in [1.165, 1.54) is 25.5 Å². The molecule has 2 fully saturated rings. The number of hydrogen-bond donors (Lipinski definition) is 0. The fourth-order valence-electron chi connectivity index (χ4n) is 3.41. The van der Waals surface area contributed by atoms with E-state index >= 15 is 0 Å². The second-order valence-electron chi connectivity index (χ2n) is 6.11. The molecule has 1 heterocycles. The summed E-state index contributed by atoms with van der Waals surface area (Å²) in [5, 5.41) is 0. The molecule has 0 unspecified atom stereocenters. The van der Waals surface area contributed by atoms with Crippen molar-refractivity contribution in [2.24, 2.45) is 11.8 Å². The van der Waals surface area contributed by atoms with Crippen LogP contribution in [0.25, 0.3) is 0 Å². The third-order valence-corrected chi connectivity index (χ3v) is 4.69. The van der Waals surface area contributed by atoms with Gasteiger partial charge in [0.05, 0.1) is 13.0 Å². The number of piperidine rings is 1. The first kappa shape index (κ1) is 13.6. The summed E-state index contributed by atoms with van der Waals surface area (Å²) in [6.07, 6.45) is 4.56. The monoisotopic (exact) mass is 273 g/mol. The lowest BCUT2D eigenvalue weighted by molar-refractivity contribution is -0.148. The number of benzene rings is 1. The highest BCUT2D eigenvalue weighted by atomic mass is 16.5. The number of carbonyl (C=O) groups excluding carboxylic acids is 1. The smallest absolute Gasteiger partial charge is 0.308 e. The first-order valence-corrected chi connectivity index (χ1v) is 7.63. The average molecular weight is 273 g/mol. The molecule has 0 radical (unpaired) electrons. The number of methoxy groups -OCH3 is 1. The van der Waals surface area contributed by atoms with Crippen LogP contribution in [0.4, 0.5) is 0 Å². The predicted molar refractivity (Wildman–Crippen MR) is 78.1 cm³/mol. The van der Waals surface area contributed by atoms with Crippen molar-refractivity contribution in [3.05, 3.63) is 35.9 Å². The minimum Gasteiger partial charge on any atom is -0.469 e. The van der Waals surface area contributed by atoms with Crippen LogP contribution in [0.5, 0.6) is 0 Å². The van der Waals surface area contributed by atoms with E-state index in [4.69, 9.17) is 4.74 Å². The van der Waals surface area contributed by atoms with Crippen molar-refractivity contribution in [1.82, 2.24) is 4.90 Å². The van der Waals surface area contributed by atoms with Crippen molar-refractivity contribution < 1.29 is 9.53 Å². The Morgan fingerprint density at radius 2 is 2.00 bits per heavy atom. The van der Waals surface area contributed by atoms with Gasteiger partial charge in [0.25, 0.3) is 0 Å². The van der Waals surface area contributed by atoms with Crippen LogP contribution >= 0.6 is 0 Å². The van der Waals surface area contributed by atoms with Crippen molar-refractivity contribution in [3.63, 3.8) is 0 Å². The van der Waals surface area contributed by atoms with Gasteiger partial charge in [-0.2, -0.15) is 0 Å². The molecular weight excluding hydrogens is 250 g/mol. The Morgan fingerprint density at radius 1 is 1.25 bits per heavy atom. The third-order valence-electron chi connectivity index (χ3n) is 4.69. The van der Waals surface area contributed by atoms with Gasteiger partial charge < -0.3 is 4.74 Å². The Labute approximate surface area is 120 Å². The molecule has 3 rings (SSSR count). The summed E-state index contributed by atoms with van der Waals surface area (Å²) in [6, 6.07) is 11.2. The molecule has 0 aromatic heterocycles. The van der Waals surface area contributed by atoms with Crippen LogP contribution in [-0.2, 0) is 16.1 Å². The van der Waals surface area contributed by atoms with Gasteiger partial charge in [0.2, 0.25) is 0 Å². The van der Waals surface area contributed by atoms with Gasteiger partial charge in [-0.25, -0.2) is 0 Å².